The molecular weight excluding hydrogens is 249 g/mol. The van der Waals surface area contributed by atoms with E-state index < -0.39 is 0 Å². The van der Waals surface area contributed by atoms with E-state index in [0.717, 1.165) is 0 Å². The fraction of sp³-hybridized carbons (Fsp3) is 0. The maximum atomic E-state index is 8.81. The second-order valence-corrected chi connectivity index (χ2v) is 3.70. The van der Waals surface area contributed by atoms with Crippen LogP contribution in [0.3, 0.4) is 0 Å². The lowest BCUT2D eigenvalue weighted by Crippen LogP contribution is -2.01. The van der Waals surface area contributed by atoms with E-state index in [2.05, 4.69) is 10.1 Å². The van der Waals surface area contributed by atoms with Crippen LogP contribution in [0.5, 0.6) is 0 Å². The minimum atomic E-state index is 0.182. The summed E-state index contributed by atoms with van der Waals surface area (Å²) in [5.41, 5.74) is 5.82. The molecule has 80 valence electrons. The lowest BCUT2D eigenvalue weighted by atomic mass is 10.3. The Labute approximate surface area is 101 Å². The van der Waals surface area contributed by atoms with E-state index in [9.17, 15) is 0 Å². The molecule has 0 aliphatic rings. The summed E-state index contributed by atoms with van der Waals surface area (Å²) in [6, 6.07) is 3.46. The zero-order valence-corrected chi connectivity index (χ0v) is 9.37. The van der Waals surface area contributed by atoms with Crippen LogP contribution in [0.4, 0.5) is 5.82 Å². The van der Waals surface area contributed by atoms with Crippen molar-refractivity contribution in [3.63, 3.8) is 0 Å². The van der Waals surface area contributed by atoms with Gasteiger partial charge in [0.15, 0.2) is 11.6 Å². The molecule has 0 aromatic carbocycles. The number of nitriles is 1. The van der Waals surface area contributed by atoms with E-state index in [1.807, 2.05) is 6.07 Å². The molecule has 0 aliphatic heterocycles. The van der Waals surface area contributed by atoms with Crippen LogP contribution in [0.2, 0.25) is 10.0 Å². The van der Waals surface area contributed by atoms with Gasteiger partial charge in [0, 0.05) is 6.20 Å². The molecule has 2 heterocycles. The monoisotopic (exact) mass is 253 g/mol. The normalized spacial score (nSPS) is 10.1. The van der Waals surface area contributed by atoms with Crippen LogP contribution in [-0.4, -0.2) is 14.8 Å². The molecule has 7 heteroatoms. The average molecular weight is 254 g/mol. The highest BCUT2D eigenvalue weighted by Gasteiger charge is 2.12. The van der Waals surface area contributed by atoms with Gasteiger partial charge < -0.3 is 5.73 Å². The van der Waals surface area contributed by atoms with Crippen molar-refractivity contribution in [2.24, 2.45) is 0 Å². The molecule has 0 unspecified atom stereocenters. The largest absolute Gasteiger partial charge is 0.381 e. The molecule has 0 bridgehead atoms. The highest BCUT2D eigenvalue weighted by Crippen LogP contribution is 2.24. The third-order valence-electron chi connectivity index (χ3n) is 1.90. The number of rotatable bonds is 1. The first-order chi connectivity index (χ1) is 7.63. The van der Waals surface area contributed by atoms with Crippen molar-refractivity contribution in [2.75, 3.05) is 5.73 Å². The van der Waals surface area contributed by atoms with Crippen LogP contribution in [0.25, 0.3) is 5.82 Å². The molecule has 16 heavy (non-hydrogen) atoms. The van der Waals surface area contributed by atoms with E-state index in [0.29, 0.717) is 16.4 Å². The summed E-state index contributed by atoms with van der Waals surface area (Å²) < 4.78 is 1.33. The summed E-state index contributed by atoms with van der Waals surface area (Å²) >= 11 is 11.7. The molecule has 0 spiro atoms. The molecule has 5 nitrogen and oxygen atoms in total. The number of hydrogen-bond acceptors (Lipinski definition) is 4. The number of aromatic nitrogens is 3. The minimum absolute atomic E-state index is 0.182. The van der Waals surface area contributed by atoms with Crippen LogP contribution >= 0.6 is 23.2 Å². The van der Waals surface area contributed by atoms with E-state index in [1.165, 1.54) is 23.1 Å². The summed E-state index contributed by atoms with van der Waals surface area (Å²) in [5.74, 6) is 0.501. The van der Waals surface area contributed by atoms with Gasteiger partial charge in [0.25, 0.3) is 0 Å². The van der Waals surface area contributed by atoms with Gasteiger partial charge in [-0.1, -0.05) is 23.2 Å². The van der Waals surface area contributed by atoms with Crippen LogP contribution < -0.4 is 5.73 Å². The highest BCUT2D eigenvalue weighted by molar-refractivity contribution is 6.33. The Morgan fingerprint density at radius 1 is 1.44 bits per heavy atom. The predicted octanol–water partition coefficient (Wildman–Crippen LogP) is 2.03. The van der Waals surface area contributed by atoms with Gasteiger partial charge >= 0.3 is 0 Å². The molecule has 0 amide bonds. The summed E-state index contributed by atoms with van der Waals surface area (Å²) in [4.78, 5) is 4.01. The molecule has 0 saturated heterocycles. The van der Waals surface area contributed by atoms with E-state index in [-0.39, 0.29) is 10.8 Å². The molecule has 0 fully saturated rings. The topological polar surface area (TPSA) is 80.5 Å². The highest BCUT2D eigenvalue weighted by atomic mass is 35.5. The van der Waals surface area contributed by atoms with Crippen molar-refractivity contribution in [3.05, 3.63) is 34.1 Å². The summed E-state index contributed by atoms with van der Waals surface area (Å²) in [5, 5.41) is 13.2. The van der Waals surface area contributed by atoms with Crippen molar-refractivity contribution >= 4 is 29.0 Å². The smallest absolute Gasteiger partial charge is 0.173 e. The Morgan fingerprint density at radius 2 is 2.19 bits per heavy atom. The summed E-state index contributed by atoms with van der Waals surface area (Å²) in [6.45, 7) is 0. The first kappa shape index (κ1) is 10.7. The molecule has 0 aliphatic carbocycles. The number of anilines is 1. The van der Waals surface area contributed by atoms with Crippen LogP contribution in [0.15, 0.2) is 18.5 Å². The van der Waals surface area contributed by atoms with E-state index in [4.69, 9.17) is 34.2 Å². The first-order valence-electron chi connectivity index (χ1n) is 4.19. The van der Waals surface area contributed by atoms with Gasteiger partial charge in [0.2, 0.25) is 0 Å². The van der Waals surface area contributed by atoms with Crippen molar-refractivity contribution in [1.82, 2.24) is 14.8 Å². The molecule has 2 aromatic rings. The van der Waals surface area contributed by atoms with Crippen molar-refractivity contribution in [2.45, 2.75) is 0 Å². The molecule has 0 radical (unpaired) electrons. The first-order valence-corrected chi connectivity index (χ1v) is 4.94. The summed E-state index contributed by atoms with van der Waals surface area (Å²) in [7, 11) is 0. The Bertz CT molecular complexity index is 565. The predicted molar refractivity (Wildman–Crippen MR) is 60.5 cm³/mol. The van der Waals surface area contributed by atoms with Gasteiger partial charge in [-0.05, 0) is 6.07 Å². The Morgan fingerprint density at radius 3 is 2.75 bits per heavy atom. The van der Waals surface area contributed by atoms with Crippen LogP contribution in [0.1, 0.15) is 5.56 Å². The Hall–Kier alpha value is -1.77. The van der Waals surface area contributed by atoms with Crippen molar-refractivity contribution in [1.29, 1.82) is 5.26 Å². The fourth-order valence-electron chi connectivity index (χ4n) is 1.15. The summed E-state index contributed by atoms with van der Waals surface area (Å²) in [6.07, 6.45) is 2.94. The van der Waals surface area contributed by atoms with Gasteiger partial charge in [-0.25, -0.2) is 9.67 Å². The van der Waals surface area contributed by atoms with Crippen molar-refractivity contribution in [3.8, 4) is 11.9 Å². The maximum absolute atomic E-state index is 8.81. The van der Waals surface area contributed by atoms with Crippen LogP contribution in [0, 0.1) is 11.3 Å². The molecule has 2 rings (SSSR count). The zero-order valence-electron chi connectivity index (χ0n) is 7.85. The maximum Gasteiger partial charge on any atom is 0.173 e. The van der Waals surface area contributed by atoms with Gasteiger partial charge in [0.05, 0.1) is 11.8 Å². The molecule has 0 saturated carbocycles. The molecular formula is C9H5Cl2N5. The third-order valence-corrected chi connectivity index (χ3v) is 2.57. The number of halogens is 2. The Kier molecular flexibility index (Phi) is 2.69. The average Bonchev–Trinajstić information content (AvgIpc) is 2.59. The minimum Gasteiger partial charge on any atom is -0.381 e. The van der Waals surface area contributed by atoms with Gasteiger partial charge in [-0.2, -0.15) is 5.26 Å². The lowest BCUT2D eigenvalue weighted by Gasteiger charge is -2.03. The van der Waals surface area contributed by atoms with Gasteiger partial charge in [-0.15, -0.1) is 5.10 Å². The number of nitrogens with zero attached hydrogens (tertiary/aromatic N) is 4. The second-order valence-electron chi connectivity index (χ2n) is 2.91. The number of nitrogen functional groups attached to an aromatic ring is 1. The Balaban J connectivity index is 2.61. The van der Waals surface area contributed by atoms with Crippen LogP contribution in [-0.2, 0) is 0 Å². The fourth-order valence-corrected chi connectivity index (χ4v) is 1.52. The quantitative estimate of drug-likeness (QED) is 0.844. The number of hydrogen-bond donors (Lipinski definition) is 1. The molecule has 2 aromatic heterocycles. The van der Waals surface area contributed by atoms with E-state index in [1.54, 1.807) is 0 Å². The standard InChI is InChI=1S/C9H5Cl2N5/c10-6-4-16(15-8(6)13)9-7(11)5(3-12)1-2-14-9/h1-2,4H,(H2,13,15). The van der Waals surface area contributed by atoms with Crippen molar-refractivity contribution < 1.29 is 0 Å². The second kappa shape index (κ2) is 4.00. The zero-order chi connectivity index (χ0) is 11.7. The molecule has 2 N–H and O–H groups in total. The molecule has 0 atom stereocenters. The van der Waals surface area contributed by atoms with E-state index >= 15 is 0 Å². The third kappa shape index (κ3) is 1.69. The number of pyridine rings is 1. The number of nitrogens with two attached hydrogens (primary N) is 1. The SMILES string of the molecule is N#Cc1ccnc(-n2cc(Cl)c(N)n2)c1Cl. The van der Waals surface area contributed by atoms with Gasteiger partial charge in [-0.3, -0.25) is 0 Å². The van der Waals surface area contributed by atoms with Gasteiger partial charge in [0.1, 0.15) is 16.1 Å². The lowest BCUT2D eigenvalue weighted by molar-refractivity contribution is 0.851.